The van der Waals surface area contributed by atoms with Crippen molar-refractivity contribution in [3.05, 3.63) is 36.4 Å². The van der Waals surface area contributed by atoms with Gasteiger partial charge < -0.3 is 10.1 Å². The van der Waals surface area contributed by atoms with E-state index < -0.39 is 0 Å². The van der Waals surface area contributed by atoms with Gasteiger partial charge in [-0.25, -0.2) is 4.98 Å². The molecule has 90 valence electrons. The van der Waals surface area contributed by atoms with Crippen molar-refractivity contribution in [1.82, 2.24) is 4.98 Å². The number of rotatable bonds is 5. The number of anilines is 1. The minimum atomic E-state index is 0.314. The van der Waals surface area contributed by atoms with E-state index in [1.165, 1.54) is 0 Å². The van der Waals surface area contributed by atoms with Crippen LogP contribution in [0.15, 0.2) is 36.4 Å². The summed E-state index contributed by atoms with van der Waals surface area (Å²) >= 11 is 0. The van der Waals surface area contributed by atoms with Gasteiger partial charge in [-0.2, -0.15) is 0 Å². The van der Waals surface area contributed by atoms with Crippen LogP contribution in [0.4, 0.5) is 5.82 Å². The van der Waals surface area contributed by atoms with Crippen LogP contribution in [0.25, 0.3) is 10.9 Å². The van der Waals surface area contributed by atoms with Crippen molar-refractivity contribution in [3.63, 3.8) is 0 Å². The van der Waals surface area contributed by atoms with Crippen LogP contribution in [0, 0.1) is 0 Å². The molecule has 1 aromatic carbocycles. The fourth-order valence-corrected chi connectivity index (χ4v) is 1.82. The Morgan fingerprint density at radius 1 is 1.24 bits per heavy atom. The molecular weight excluding hydrogens is 212 g/mol. The van der Waals surface area contributed by atoms with Gasteiger partial charge in [0.05, 0.1) is 18.2 Å². The van der Waals surface area contributed by atoms with Crippen LogP contribution in [0.1, 0.15) is 13.3 Å². The van der Waals surface area contributed by atoms with Crippen molar-refractivity contribution >= 4 is 16.7 Å². The lowest BCUT2D eigenvalue weighted by Gasteiger charge is -2.16. The Balaban J connectivity index is 2.18. The van der Waals surface area contributed by atoms with Gasteiger partial charge in [-0.1, -0.05) is 25.1 Å². The second-order valence-electron chi connectivity index (χ2n) is 4.09. The lowest BCUT2D eigenvalue weighted by atomic mass is 10.2. The number of ether oxygens (including phenoxy) is 1. The third kappa shape index (κ3) is 2.94. The summed E-state index contributed by atoms with van der Waals surface area (Å²) in [6.45, 7) is 2.84. The predicted octanol–water partition coefficient (Wildman–Crippen LogP) is 3.07. The first-order chi connectivity index (χ1) is 8.33. The SMILES string of the molecule is CCC(COC)Nc1ccc2ccccc2n1. The van der Waals surface area contributed by atoms with Crippen LogP contribution in [0.2, 0.25) is 0 Å². The zero-order valence-electron chi connectivity index (χ0n) is 10.3. The maximum Gasteiger partial charge on any atom is 0.126 e. The van der Waals surface area contributed by atoms with Gasteiger partial charge >= 0.3 is 0 Å². The predicted molar refractivity (Wildman–Crippen MR) is 71.3 cm³/mol. The number of nitrogens with zero attached hydrogens (tertiary/aromatic N) is 1. The quantitative estimate of drug-likeness (QED) is 0.857. The Kier molecular flexibility index (Phi) is 3.94. The van der Waals surface area contributed by atoms with Gasteiger partial charge in [-0.3, -0.25) is 0 Å². The van der Waals surface area contributed by atoms with E-state index in [1.807, 2.05) is 24.3 Å². The zero-order valence-corrected chi connectivity index (χ0v) is 10.3. The highest BCUT2D eigenvalue weighted by Gasteiger charge is 2.06. The van der Waals surface area contributed by atoms with E-state index >= 15 is 0 Å². The summed E-state index contributed by atoms with van der Waals surface area (Å²) in [5.41, 5.74) is 1.02. The van der Waals surface area contributed by atoms with Crippen molar-refractivity contribution in [2.75, 3.05) is 19.0 Å². The Labute approximate surface area is 102 Å². The highest BCUT2D eigenvalue weighted by molar-refractivity contribution is 5.80. The normalized spacial score (nSPS) is 12.6. The minimum absolute atomic E-state index is 0.314. The smallest absolute Gasteiger partial charge is 0.126 e. The molecule has 1 heterocycles. The Bertz CT molecular complexity index is 484. The minimum Gasteiger partial charge on any atom is -0.383 e. The lowest BCUT2D eigenvalue weighted by Crippen LogP contribution is -2.24. The zero-order chi connectivity index (χ0) is 12.1. The topological polar surface area (TPSA) is 34.1 Å². The van der Waals surface area contributed by atoms with E-state index in [9.17, 15) is 0 Å². The van der Waals surface area contributed by atoms with Gasteiger partial charge in [0.1, 0.15) is 5.82 Å². The molecule has 0 bridgehead atoms. The van der Waals surface area contributed by atoms with E-state index in [-0.39, 0.29) is 0 Å². The maximum atomic E-state index is 5.16. The molecule has 0 aliphatic carbocycles. The Morgan fingerprint density at radius 2 is 2.06 bits per heavy atom. The molecule has 17 heavy (non-hydrogen) atoms. The summed E-state index contributed by atoms with van der Waals surface area (Å²) < 4.78 is 5.16. The average Bonchev–Trinajstić information content (AvgIpc) is 2.38. The first-order valence-corrected chi connectivity index (χ1v) is 5.94. The molecule has 0 spiro atoms. The van der Waals surface area contributed by atoms with Crippen LogP contribution >= 0.6 is 0 Å². The number of benzene rings is 1. The van der Waals surface area contributed by atoms with Gasteiger partial charge in [-0.15, -0.1) is 0 Å². The fourth-order valence-electron chi connectivity index (χ4n) is 1.82. The van der Waals surface area contributed by atoms with Crippen LogP contribution in [-0.4, -0.2) is 24.7 Å². The molecule has 1 atom stereocenters. The standard InChI is InChI=1S/C14H18N2O/c1-3-12(10-17-2)15-14-9-8-11-6-4-5-7-13(11)16-14/h4-9,12H,3,10H2,1-2H3,(H,15,16). The molecule has 3 nitrogen and oxygen atoms in total. The summed E-state index contributed by atoms with van der Waals surface area (Å²) in [5.74, 6) is 0.910. The summed E-state index contributed by atoms with van der Waals surface area (Å²) in [6.07, 6.45) is 1.02. The number of para-hydroxylation sites is 1. The molecule has 0 saturated carbocycles. The summed E-state index contributed by atoms with van der Waals surface area (Å²) in [6, 6.07) is 12.5. The molecule has 0 radical (unpaired) electrons. The molecule has 2 aromatic rings. The molecule has 0 fully saturated rings. The van der Waals surface area contributed by atoms with Crippen molar-refractivity contribution in [3.8, 4) is 0 Å². The van der Waals surface area contributed by atoms with E-state index in [1.54, 1.807) is 7.11 Å². The molecule has 1 aromatic heterocycles. The molecule has 0 aliphatic rings. The Hall–Kier alpha value is -1.61. The first-order valence-electron chi connectivity index (χ1n) is 5.94. The molecule has 1 N–H and O–H groups in total. The monoisotopic (exact) mass is 230 g/mol. The molecule has 0 amide bonds. The van der Waals surface area contributed by atoms with Gasteiger partial charge in [0.15, 0.2) is 0 Å². The number of pyridine rings is 1. The highest BCUT2D eigenvalue weighted by Crippen LogP contribution is 2.15. The van der Waals surface area contributed by atoms with Crippen molar-refractivity contribution < 1.29 is 4.74 Å². The van der Waals surface area contributed by atoms with E-state index in [4.69, 9.17) is 4.74 Å². The molecule has 2 rings (SSSR count). The number of nitrogens with one attached hydrogen (secondary N) is 1. The summed E-state index contributed by atoms with van der Waals surface area (Å²) in [4.78, 5) is 4.58. The van der Waals surface area contributed by atoms with Crippen LogP contribution in [0.5, 0.6) is 0 Å². The maximum absolute atomic E-state index is 5.16. The van der Waals surface area contributed by atoms with Gasteiger partial charge in [0.25, 0.3) is 0 Å². The molecule has 0 aliphatic heterocycles. The molecular formula is C14H18N2O. The third-order valence-electron chi connectivity index (χ3n) is 2.81. The number of fused-ring (bicyclic) bond motifs is 1. The van der Waals surface area contributed by atoms with Crippen molar-refractivity contribution in [1.29, 1.82) is 0 Å². The Morgan fingerprint density at radius 3 is 2.82 bits per heavy atom. The van der Waals surface area contributed by atoms with Crippen molar-refractivity contribution in [2.45, 2.75) is 19.4 Å². The largest absolute Gasteiger partial charge is 0.383 e. The van der Waals surface area contributed by atoms with Crippen molar-refractivity contribution in [2.24, 2.45) is 0 Å². The van der Waals surface area contributed by atoms with E-state index in [0.717, 1.165) is 23.1 Å². The fraction of sp³-hybridized carbons (Fsp3) is 0.357. The van der Waals surface area contributed by atoms with E-state index in [2.05, 4.69) is 29.4 Å². The second kappa shape index (κ2) is 5.64. The van der Waals surface area contributed by atoms with Crippen LogP contribution < -0.4 is 5.32 Å². The number of hydrogen-bond acceptors (Lipinski definition) is 3. The van der Waals surface area contributed by atoms with Gasteiger partial charge in [-0.05, 0) is 24.6 Å². The van der Waals surface area contributed by atoms with Crippen LogP contribution in [0.3, 0.4) is 0 Å². The summed E-state index contributed by atoms with van der Waals surface area (Å²) in [7, 11) is 1.72. The lowest BCUT2D eigenvalue weighted by molar-refractivity contribution is 0.184. The highest BCUT2D eigenvalue weighted by atomic mass is 16.5. The summed E-state index contributed by atoms with van der Waals surface area (Å²) in [5, 5.41) is 4.55. The molecule has 3 heteroatoms. The molecule has 1 unspecified atom stereocenters. The van der Waals surface area contributed by atoms with Gasteiger partial charge in [0.2, 0.25) is 0 Å². The third-order valence-corrected chi connectivity index (χ3v) is 2.81. The number of hydrogen-bond donors (Lipinski definition) is 1. The number of methoxy groups -OCH3 is 1. The second-order valence-corrected chi connectivity index (χ2v) is 4.09. The molecule has 0 saturated heterocycles. The van der Waals surface area contributed by atoms with Crippen LogP contribution in [-0.2, 0) is 4.74 Å². The van der Waals surface area contributed by atoms with E-state index in [0.29, 0.717) is 12.6 Å². The van der Waals surface area contributed by atoms with Gasteiger partial charge in [0, 0.05) is 12.5 Å². The average molecular weight is 230 g/mol. The first kappa shape index (κ1) is 11.9. The number of aromatic nitrogens is 1.